The number of likely N-dealkylation sites (tertiary alicyclic amines) is 1. The van der Waals surface area contributed by atoms with Crippen LogP contribution in [0.5, 0.6) is 0 Å². The molecule has 2 unspecified atom stereocenters. The molecule has 268 valence electrons. The van der Waals surface area contributed by atoms with Crippen LogP contribution in [0.4, 0.5) is 10.3 Å². The van der Waals surface area contributed by atoms with Crippen LogP contribution in [-0.4, -0.2) is 119 Å². The second-order valence-corrected chi connectivity index (χ2v) is 13.4. The number of halogens is 1. The summed E-state index contributed by atoms with van der Waals surface area (Å²) in [5.41, 5.74) is 5.83. The van der Waals surface area contributed by atoms with E-state index < -0.39 is 18.2 Å². The lowest BCUT2D eigenvalue weighted by molar-refractivity contribution is -0.139. The Morgan fingerprint density at radius 2 is 2.04 bits per heavy atom. The van der Waals surface area contributed by atoms with Crippen molar-refractivity contribution in [1.82, 2.24) is 29.7 Å². The number of aromatic nitrogens is 3. The number of nitriles is 1. The molecule has 3 saturated heterocycles. The van der Waals surface area contributed by atoms with Gasteiger partial charge in [0.15, 0.2) is 5.82 Å². The van der Waals surface area contributed by atoms with Crippen LogP contribution in [0.25, 0.3) is 5.57 Å². The molecule has 3 aliphatic heterocycles. The predicted octanol–water partition coefficient (Wildman–Crippen LogP) is 4.04. The van der Waals surface area contributed by atoms with Crippen molar-refractivity contribution in [3.63, 3.8) is 0 Å². The fraction of sp³-hybridized carbons (Fsp3) is 0.553. The molecule has 2 aliphatic carbocycles. The van der Waals surface area contributed by atoms with Crippen molar-refractivity contribution < 1.29 is 18.7 Å². The van der Waals surface area contributed by atoms with Gasteiger partial charge in [-0.25, -0.2) is 14.4 Å². The van der Waals surface area contributed by atoms with Crippen molar-refractivity contribution in [1.29, 1.82) is 10.7 Å². The van der Waals surface area contributed by atoms with Gasteiger partial charge in [0.1, 0.15) is 18.4 Å². The van der Waals surface area contributed by atoms with E-state index in [1.54, 1.807) is 4.90 Å². The summed E-state index contributed by atoms with van der Waals surface area (Å²) in [6.07, 6.45) is 14.7. The number of carbonyl (C=O) groups excluding carboxylic acids is 1. The van der Waals surface area contributed by atoms with E-state index in [9.17, 15) is 10.1 Å². The average molecular weight is 696 g/mol. The maximum Gasteiger partial charge on any atom is 0.230 e. The molecule has 13 heteroatoms. The van der Waals surface area contributed by atoms with Crippen molar-refractivity contribution in [3.05, 3.63) is 59.7 Å². The van der Waals surface area contributed by atoms with Gasteiger partial charge in [0.05, 0.1) is 55.3 Å². The lowest BCUT2D eigenvalue weighted by atomic mass is 9.99. The summed E-state index contributed by atoms with van der Waals surface area (Å²) >= 11 is 0. The molecule has 12 nitrogen and oxygen atoms in total. The first-order valence-electron chi connectivity index (χ1n) is 18.0. The van der Waals surface area contributed by atoms with Crippen LogP contribution in [0, 0.1) is 34.5 Å². The van der Waals surface area contributed by atoms with E-state index in [1.807, 2.05) is 24.3 Å². The number of allylic oxidation sites excluding steroid dienone is 5. The van der Waals surface area contributed by atoms with Gasteiger partial charge in [0.25, 0.3) is 0 Å². The van der Waals surface area contributed by atoms with Gasteiger partial charge >= 0.3 is 0 Å². The minimum Gasteiger partial charge on any atom is -0.378 e. The molecule has 5 aliphatic rings. The van der Waals surface area contributed by atoms with E-state index in [1.165, 1.54) is 12.5 Å². The largest absolute Gasteiger partial charge is 0.378 e. The highest BCUT2D eigenvalue weighted by atomic mass is 19.1. The summed E-state index contributed by atoms with van der Waals surface area (Å²) in [6, 6.07) is 2.82. The summed E-state index contributed by atoms with van der Waals surface area (Å²) in [5.74, 6) is 6.28. The van der Waals surface area contributed by atoms with Crippen LogP contribution < -0.4 is 5.32 Å². The Kier molecular flexibility index (Phi) is 12.8. The summed E-state index contributed by atoms with van der Waals surface area (Å²) < 4.78 is 26.9. The lowest BCUT2D eigenvalue weighted by Gasteiger charge is -2.43. The number of rotatable bonds is 12. The molecule has 0 radical (unpaired) electrons. The number of hydrogen-bond acceptors (Lipinski definition) is 11. The van der Waals surface area contributed by atoms with Gasteiger partial charge in [-0.2, -0.15) is 10.2 Å². The first-order valence-corrected chi connectivity index (χ1v) is 18.0. The van der Waals surface area contributed by atoms with Crippen LogP contribution in [0.2, 0.25) is 0 Å². The number of piperidine rings is 1. The van der Waals surface area contributed by atoms with E-state index in [-0.39, 0.29) is 18.6 Å². The van der Waals surface area contributed by atoms with Crippen LogP contribution in [0.3, 0.4) is 0 Å². The zero-order valence-corrected chi connectivity index (χ0v) is 29.0. The molecular formula is C38H46FN9O3. The average Bonchev–Trinajstić information content (AvgIpc) is 3.30. The Bertz CT molecular complexity index is 1670. The first-order chi connectivity index (χ1) is 25.0. The minimum atomic E-state index is -1.30. The van der Waals surface area contributed by atoms with Crippen LogP contribution >= 0.6 is 0 Å². The number of ether oxygens (including phenoxy) is 2. The molecule has 3 fully saturated rings. The van der Waals surface area contributed by atoms with Gasteiger partial charge in [-0.05, 0) is 69.0 Å². The summed E-state index contributed by atoms with van der Waals surface area (Å²) in [7, 11) is 0. The first kappa shape index (κ1) is 36.2. The van der Waals surface area contributed by atoms with Crippen LogP contribution in [-0.2, 0) is 14.3 Å². The quantitative estimate of drug-likeness (QED) is 0.142. The number of carbonyl (C=O) groups is 1. The predicted molar refractivity (Wildman–Crippen MR) is 191 cm³/mol. The van der Waals surface area contributed by atoms with Gasteiger partial charge in [-0.3, -0.25) is 9.69 Å². The van der Waals surface area contributed by atoms with Crippen molar-refractivity contribution in [2.24, 2.45) is 5.92 Å². The number of amides is 1. The van der Waals surface area contributed by atoms with Crippen molar-refractivity contribution in [2.45, 2.75) is 75.8 Å². The molecule has 2 N–H and O–H groups in total. The molecule has 1 amide bonds. The molecule has 0 bridgehead atoms. The Hall–Kier alpha value is -4.65. The SMILES string of the molecule is N#CC1C#C/C(c2ncnc(NC3=CC=C=C(N4CCN(C5COC5)CC4)C=C3)n2)=C\CCC(O[C@H]2CCN(C(=O)CCCCC=N)C[C@H]2F)C1. The maximum atomic E-state index is 15.3. The van der Waals surface area contributed by atoms with Gasteiger partial charge in [0.2, 0.25) is 11.9 Å². The van der Waals surface area contributed by atoms with E-state index in [0.717, 1.165) is 57.2 Å². The van der Waals surface area contributed by atoms with Gasteiger partial charge in [-0.15, -0.1) is 0 Å². The lowest BCUT2D eigenvalue weighted by Crippen LogP contribution is -2.56. The Balaban J connectivity index is 1.02. The van der Waals surface area contributed by atoms with E-state index in [4.69, 9.17) is 14.9 Å². The number of unbranched alkanes of at least 4 members (excludes halogenated alkanes) is 2. The Labute approximate surface area is 299 Å². The fourth-order valence-electron chi connectivity index (χ4n) is 6.76. The monoisotopic (exact) mass is 695 g/mol. The van der Waals surface area contributed by atoms with Crippen molar-refractivity contribution in [3.8, 4) is 17.9 Å². The number of nitrogens with zero attached hydrogens (tertiary/aromatic N) is 7. The molecular weight excluding hydrogens is 649 g/mol. The summed E-state index contributed by atoms with van der Waals surface area (Å²) in [4.78, 5) is 32.3. The second kappa shape index (κ2) is 18.0. The van der Waals surface area contributed by atoms with E-state index in [0.29, 0.717) is 74.9 Å². The second-order valence-electron chi connectivity index (χ2n) is 13.4. The van der Waals surface area contributed by atoms with Crippen LogP contribution in [0.15, 0.2) is 53.8 Å². The molecule has 0 aromatic carbocycles. The highest BCUT2D eigenvalue weighted by Crippen LogP contribution is 2.26. The van der Waals surface area contributed by atoms with Crippen molar-refractivity contribution >= 4 is 23.6 Å². The van der Waals surface area contributed by atoms with Crippen molar-refractivity contribution in [2.75, 3.05) is 57.8 Å². The molecule has 0 spiro atoms. The Morgan fingerprint density at radius 3 is 2.80 bits per heavy atom. The smallest absolute Gasteiger partial charge is 0.230 e. The molecule has 4 atom stereocenters. The number of alkyl halides is 1. The highest BCUT2D eigenvalue weighted by molar-refractivity contribution is 5.76. The summed E-state index contributed by atoms with van der Waals surface area (Å²) in [5, 5.41) is 20.3. The summed E-state index contributed by atoms with van der Waals surface area (Å²) in [6.45, 7) is 6.03. The van der Waals surface area contributed by atoms with E-state index >= 15 is 4.39 Å². The standard InChI is InChI=1S/C38H46FN9O3/c39-34-24-48(36(49)10-2-1-3-16-40)17-15-35(34)51-33-9-4-6-29(12-11-28(22-33)23-41)37-42-27-43-38(45-37)44-30-7-5-8-31(14-13-30)46-18-20-47(21-19-46)32-25-50-26-32/h5-7,13-14,16,27-28,32-35,40H,1-4,9-10,15,17-22,24-26H2,(H,42,43,44,45)/b29-6+,40-16?/t28?,33?,34-,35+/m1/s1. The zero-order chi connectivity index (χ0) is 35.4. The molecule has 4 heterocycles. The minimum absolute atomic E-state index is 0.0108. The normalized spacial score (nSPS) is 26.7. The maximum absolute atomic E-state index is 15.3. The Morgan fingerprint density at radius 1 is 1.18 bits per heavy atom. The third-order valence-corrected chi connectivity index (χ3v) is 9.84. The highest BCUT2D eigenvalue weighted by Gasteiger charge is 2.34. The number of nitrogens with one attached hydrogen (secondary N) is 2. The van der Waals surface area contributed by atoms with Gasteiger partial charge < -0.3 is 30.0 Å². The number of anilines is 1. The van der Waals surface area contributed by atoms with Gasteiger partial charge in [0, 0.05) is 51.3 Å². The third kappa shape index (κ3) is 9.99. The van der Waals surface area contributed by atoms with Crippen LogP contribution in [0.1, 0.15) is 57.2 Å². The fourth-order valence-corrected chi connectivity index (χ4v) is 6.76. The van der Waals surface area contributed by atoms with Gasteiger partial charge in [-0.1, -0.05) is 23.6 Å². The molecule has 0 saturated carbocycles. The zero-order valence-electron chi connectivity index (χ0n) is 29.0. The molecule has 6 rings (SSSR count). The molecule has 51 heavy (non-hydrogen) atoms. The number of hydrogen-bond donors (Lipinski definition) is 2. The number of piperazine rings is 1. The topological polar surface area (TPSA) is 144 Å². The van der Waals surface area contributed by atoms with E-state index in [2.05, 4.69) is 59.8 Å². The molecule has 1 aromatic rings. The molecule has 1 aromatic heterocycles. The third-order valence-electron chi connectivity index (χ3n) is 9.84.